The molecule has 0 radical (unpaired) electrons. The van der Waals surface area contributed by atoms with Crippen LogP contribution in [0, 0.1) is 17.7 Å². The Morgan fingerprint density at radius 3 is 2.54 bits per heavy atom. The molecule has 1 unspecified atom stereocenters. The summed E-state index contributed by atoms with van der Waals surface area (Å²) in [7, 11) is 1.61. The van der Waals surface area contributed by atoms with Gasteiger partial charge in [0.25, 0.3) is 0 Å². The third-order valence-electron chi connectivity index (χ3n) is 5.80. The van der Waals surface area contributed by atoms with Crippen LogP contribution in [0.25, 0.3) is 11.4 Å². The van der Waals surface area contributed by atoms with E-state index in [-0.39, 0.29) is 17.0 Å². The minimum absolute atomic E-state index is 0.0116. The fourth-order valence-electron chi connectivity index (χ4n) is 4.00. The van der Waals surface area contributed by atoms with Crippen molar-refractivity contribution in [3.8, 4) is 23.2 Å². The second-order valence-corrected chi connectivity index (χ2v) is 8.10. The summed E-state index contributed by atoms with van der Waals surface area (Å²) in [5.41, 5.74) is -1.45. The second kappa shape index (κ2) is 8.61. The van der Waals surface area contributed by atoms with Gasteiger partial charge in [0.05, 0.1) is 13.2 Å². The Bertz CT molecular complexity index is 1440. The van der Waals surface area contributed by atoms with Crippen LogP contribution in [0.4, 0.5) is 13.2 Å². The number of methoxy groups -OCH3 is 1. The molecule has 7 nitrogen and oxygen atoms in total. The van der Waals surface area contributed by atoms with Crippen LogP contribution in [0.3, 0.4) is 0 Å². The fourth-order valence-corrected chi connectivity index (χ4v) is 4.00. The van der Waals surface area contributed by atoms with Crippen molar-refractivity contribution in [2.24, 2.45) is 0 Å². The van der Waals surface area contributed by atoms with Gasteiger partial charge in [-0.1, -0.05) is 30.0 Å². The third kappa shape index (κ3) is 3.95. The van der Waals surface area contributed by atoms with Gasteiger partial charge in [-0.15, -0.1) is 5.10 Å². The van der Waals surface area contributed by atoms with Crippen LogP contribution in [-0.4, -0.2) is 37.4 Å². The average Bonchev–Trinajstić information content (AvgIpc) is 3.32. The number of hydrogen-bond acceptors (Lipinski definition) is 6. The number of rotatable bonds is 4. The lowest BCUT2D eigenvalue weighted by Crippen LogP contribution is -2.49. The lowest BCUT2D eigenvalue weighted by molar-refractivity contribution is -0.207. The van der Waals surface area contributed by atoms with E-state index in [1.54, 1.807) is 7.11 Å². The van der Waals surface area contributed by atoms with Gasteiger partial charge in [-0.25, -0.2) is 9.07 Å². The minimum atomic E-state index is -3.85. The van der Waals surface area contributed by atoms with Gasteiger partial charge in [0, 0.05) is 35.6 Å². The van der Waals surface area contributed by atoms with E-state index in [1.165, 1.54) is 12.3 Å². The van der Waals surface area contributed by atoms with Crippen LogP contribution >= 0.6 is 0 Å². The van der Waals surface area contributed by atoms with E-state index in [2.05, 4.69) is 32.4 Å². The van der Waals surface area contributed by atoms with Crippen LogP contribution < -0.4 is 0 Å². The molecule has 0 saturated heterocycles. The van der Waals surface area contributed by atoms with Crippen LogP contribution in [0.15, 0.2) is 60.8 Å². The standard InChI is InChI=1S/C25H18F3N5O2/c1-35-14-18-6-3-16(4-7-18)2-5-17-8-11-22(29-13-17)25(27,28)24(34)15-33-23(30-31-32-33)20-12-19(26)9-10-21(20)24/h3-4,6-13,34H,14-15H2,1H3. The Balaban J connectivity index is 1.45. The molecule has 0 saturated carbocycles. The first-order valence-corrected chi connectivity index (χ1v) is 10.5. The Hall–Kier alpha value is -4.07. The molecule has 4 aromatic rings. The van der Waals surface area contributed by atoms with Crippen LogP contribution in [0.2, 0.25) is 0 Å². The van der Waals surface area contributed by atoms with Crippen molar-refractivity contribution in [3.63, 3.8) is 0 Å². The molecule has 3 heterocycles. The molecule has 5 rings (SSSR count). The van der Waals surface area contributed by atoms with Crippen molar-refractivity contribution in [2.45, 2.75) is 24.7 Å². The molecule has 0 fully saturated rings. The molecule has 2 aromatic carbocycles. The molecular weight excluding hydrogens is 459 g/mol. The SMILES string of the molecule is COCc1ccc(C#Cc2ccc(C(F)(F)C3(O)Cn4nnnc4-c4cc(F)ccc43)nc2)cc1. The predicted octanol–water partition coefficient (Wildman–Crippen LogP) is 3.41. The summed E-state index contributed by atoms with van der Waals surface area (Å²) in [6.07, 6.45) is 1.22. The number of alkyl halides is 2. The van der Waals surface area contributed by atoms with Crippen LogP contribution in [0.1, 0.15) is 27.9 Å². The zero-order chi connectivity index (χ0) is 24.6. The molecular formula is C25H18F3N5O2. The van der Waals surface area contributed by atoms with Gasteiger partial charge in [0.1, 0.15) is 11.5 Å². The molecule has 2 aromatic heterocycles. The highest BCUT2D eigenvalue weighted by Gasteiger charge is 2.59. The second-order valence-electron chi connectivity index (χ2n) is 8.10. The van der Waals surface area contributed by atoms with E-state index < -0.39 is 29.6 Å². The van der Waals surface area contributed by atoms with Crippen LogP contribution in [0.5, 0.6) is 0 Å². The molecule has 1 atom stereocenters. The Kier molecular flexibility index (Phi) is 5.59. The largest absolute Gasteiger partial charge is 0.380 e. The number of nitrogens with zero attached hydrogens (tertiary/aromatic N) is 5. The highest BCUT2D eigenvalue weighted by molar-refractivity contribution is 5.64. The van der Waals surface area contributed by atoms with E-state index in [1.807, 2.05) is 24.3 Å². The topological polar surface area (TPSA) is 86.0 Å². The maximum atomic E-state index is 15.8. The zero-order valence-corrected chi connectivity index (χ0v) is 18.4. The molecule has 0 spiro atoms. The highest BCUT2D eigenvalue weighted by Crippen LogP contribution is 2.50. The van der Waals surface area contributed by atoms with E-state index in [4.69, 9.17) is 4.74 Å². The van der Waals surface area contributed by atoms with Gasteiger partial charge >= 0.3 is 5.92 Å². The van der Waals surface area contributed by atoms with Crippen LogP contribution in [-0.2, 0) is 29.4 Å². The molecule has 35 heavy (non-hydrogen) atoms. The molecule has 0 aliphatic carbocycles. The minimum Gasteiger partial charge on any atom is -0.380 e. The zero-order valence-electron chi connectivity index (χ0n) is 18.4. The molecule has 1 N–H and O–H groups in total. The number of hydrogen-bond donors (Lipinski definition) is 1. The molecule has 1 aliphatic rings. The maximum absolute atomic E-state index is 15.8. The van der Waals surface area contributed by atoms with Crippen molar-refractivity contribution in [2.75, 3.05) is 7.11 Å². The van der Waals surface area contributed by atoms with Crippen molar-refractivity contribution in [1.82, 2.24) is 25.2 Å². The summed E-state index contributed by atoms with van der Waals surface area (Å²) < 4.78 is 51.5. The normalized spacial score (nSPS) is 16.7. The van der Waals surface area contributed by atoms with Gasteiger partial charge in [-0.2, -0.15) is 8.78 Å². The summed E-state index contributed by atoms with van der Waals surface area (Å²) in [6.45, 7) is -0.142. The van der Waals surface area contributed by atoms with Crippen molar-refractivity contribution in [3.05, 3.63) is 94.6 Å². The molecule has 176 valence electrons. The first-order valence-electron chi connectivity index (χ1n) is 10.5. The quantitative estimate of drug-likeness (QED) is 0.454. The lowest BCUT2D eigenvalue weighted by atomic mass is 9.80. The van der Waals surface area contributed by atoms with Gasteiger partial charge in [0.2, 0.25) is 0 Å². The number of benzene rings is 2. The fraction of sp³-hybridized carbons (Fsp3) is 0.200. The molecule has 1 aliphatic heterocycles. The first kappa shape index (κ1) is 22.7. The summed E-state index contributed by atoms with van der Waals surface area (Å²) in [4.78, 5) is 3.89. The molecule has 0 bridgehead atoms. The Labute approximate surface area is 198 Å². The first-order chi connectivity index (χ1) is 16.8. The van der Waals surface area contributed by atoms with E-state index in [0.717, 1.165) is 40.1 Å². The average molecular weight is 477 g/mol. The number of pyridine rings is 1. The van der Waals surface area contributed by atoms with E-state index in [0.29, 0.717) is 12.2 Å². The number of tetrazole rings is 1. The highest BCUT2D eigenvalue weighted by atomic mass is 19.3. The summed E-state index contributed by atoms with van der Waals surface area (Å²) in [5, 5.41) is 22.2. The van der Waals surface area contributed by atoms with E-state index in [9.17, 15) is 9.50 Å². The van der Waals surface area contributed by atoms with Crippen molar-refractivity contribution in [1.29, 1.82) is 0 Å². The number of aliphatic hydroxyl groups is 1. The monoisotopic (exact) mass is 477 g/mol. The number of halogens is 3. The maximum Gasteiger partial charge on any atom is 0.323 e. The number of fused-ring (bicyclic) bond motifs is 3. The summed E-state index contributed by atoms with van der Waals surface area (Å²) >= 11 is 0. The van der Waals surface area contributed by atoms with Gasteiger partial charge < -0.3 is 9.84 Å². The lowest BCUT2D eigenvalue weighted by Gasteiger charge is -2.39. The smallest absolute Gasteiger partial charge is 0.323 e. The predicted molar refractivity (Wildman–Crippen MR) is 118 cm³/mol. The Morgan fingerprint density at radius 2 is 1.83 bits per heavy atom. The summed E-state index contributed by atoms with van der Waals surface area (Å²) in [6, 6.07) is 13.1. The summed E-state index contributed by atoms with van der Waals surface area (Å²) in [5.74, 6) is 1.42. The van der Waals surface area contributed by atoms with Crippen molar-refractivity contribution < 1.29 is 23.0 Å². The third-order valence-corrected chi connectivity index (χ3v) is 5.80. The van der Waals surface area contributed by atoms with E-state index >= 15 is 8.78 Å². The van der Waals surface area contributed by atoms with Crippen molar-refractivity contribution >= 4 is 0 Å². The Morgan fingerprint density at radius 1 is 1.09 bits per heavy atom. The van der Waals surface area contributed by atoms with Gasteiger partial charge in [-0.05, 0) is 52.4 Å². The molecule has 0 amide bonds. The molecule has 10 heteroatoms. The number of aromatic nitrogens is 5. The van der Waals surface area contributed by atoms with Gasteiger partial charge in [0.15, 0.2) is 11.4 Å². The number of ether oxygens (including phenoxy) is 1. The van der Waals surface area contributed by atoms with Gasteiger partial charge in [-0.3, -0.25) is 4.98 Å².